The van der Waals surface area contributed by atoms with Gasteiger partial charge in [0.1, 0.15) is 5.75 Å². The first-order chi connectivity index (χ1) is 17.0. The van der Waals surface area contributed by atoms with Crippen LogP contribution in [0.15, 0.2) is 79.0 Å². The molecule has 0 bridgehead atoms. The lowest BCUT2D eigenvalue weighted by molar-refractivity contribution is 0.415. The van der Waals surface area contributed by atoms with Gasteiger partial charge in [-0.05, 0) is 92.1 Å². The van der Waals surface area contributed by atoms with E-state index in [4.69, 9.17) is 21.9 Å². The van der Waals surface area contributed by atoms with E-state index < -0.39 is 0 Å². The van der Waals surface area contributed by atoms with E-state index in [0.717, 1.165) is 23.6 Å². The van der Waals surface area contributed by atoms with Crippen molar-refractivity contribution in [3.8, 4) is 11.4 Å². The third-order valence-corrected chi connectivity index (χ3v) is 7.17. The summed E-state index contributed by atoms with van der Waals surface area (Å²) in [5.74, 6) is 0.819. The molecule has 3 heterocycles. The lowest BCUT2D eigenvalue weighted by Gasteiger charge is -2.28. The van der Waals surface area contributed by atoms with Crippen molar-refractivity contribution in [2.45, 2.75) is 39.3 Å². The lowest BCUT2D eigenvalue weighted by atomic mass is 9.96. The van der Waals surface area contributed by atoms with E-state index >= 15 is 0 Å². The van der Waals surface area contributed by atoms with Crippen LogP contribution in [-0.4, -0.2) is 21.8 Å². The maximum absolute atomic E-state index is 5.90. The van der Waals surface area contributed by atoms with Crippen LogP contribution in [0.5, 0.6) is 5.75 Å². The van der Waals surface area contributed by atoms with Crippen LogP contribution in [-0.2, 0) is 6.42 Å². The van der Waals surface area contributed by atoms with E-state index in [1.54, 1.807) is 7.11 Å². The van der Waals surface area contributed by atoms with E-state index in [2.05, 4.69) is 84.1 Å². The first-order valence-corrected chi connectivity index (χ1v) is 12.4. The minimum Gasteiger partial charge on any atom is -0.497 e. The number of aromatic nitrogens is 2. The van der Waals surface area contributed by atoms with Gasteiger partial charge in [0, 0.05) is 29.0 Å². The van der Waals surface area contributed by atoms with E-state index in [9.17, 15) is 0 Å². The number of rotatable bonds is 6. The van der Waals surface area contributed by atoms with Gasteiger partial charge in [0.25, 0.3) is 0 Å². The van der Waals surface area contributed by atoms with E-state index in [1.165, 1.54) is 28.2 Å². The normalized spacial score (nSPS) is 17.5. The Morgan fingerprint density at radius 3 is 2.43 bits per heavy atom. The van der Waals surface area contributed by atoms with Crippen molar-refractivity contribution in [1.29, 1.82) is 0 Å². The van der Waals surface area contributed by atoms with Crippen LogP contribution in [0.2, 0.25) is 0 Å². The van der Waals surface area contributed by atoms with E-state index in [0.29, 0.717) is 5.11 Å². The molecule has 1 aliphatic rings. The molecular weight excluding hydrogens is 452 g/mol. The summed E-state index contributed by atoms with van der Waals surface area (Å²) in [5, 5.41) is 4.26. The maximum Gasteiger partial charge on any atom is 0.174 e. The molecule has 0 aliphatic carbocycles. The Hall–Kier alpha value is -3.64. The Labute approximate surface area is 212 Å². The Morgan fingerprint density at radius 1 is 1.00 bits per heavy atom. The molecule has 2 aromatic heterocycles. The highest BCUT2D eigenvalue weighted by atomic mass is 32.1. The third-order valence-electron chi connectivity index (χ3n) is 6.85. The molecule has 1 N–H and O–H groups in total. The topological polar surface area (TPSA) is 42.3 Å². The zero-order chi connectivity index (χ0) is 24.5. The summed E-state index contributed by atoms with van der Waals surface area (Å²) < 4.78 is 7.76. The zero-order valence-electron chi connectivity index (χ0n) is 20.5. The molecule has 2 atom stereocenters. The quantitative estimate of drug-likeness (QED) is 0.330. The summed E-state index contributed by atoms with van der Waals surface area (Å²) in [6, 6.07) is 24.9. The molecule has 6 heteroatoms. The second-order valence-corrected chi connectivity index (χ2v) is 9.23. The fourth-order valence-corrected chi connectivity index (χ4v) is 5.52. The molecule has 4 aromatic rings. The van der Waals surface area contributed by atoms with Gasteiger partial charge in [-0.2, -0.15) is 0 Å². The minimum atomic E-state index is -0.0822. The van der Waals surface area contributed by atoms with Crippen molar-refractivity contribution in [3.05, 3.63) is 107 Å². The molecule has 0 spiro atoms. The van der Waals surface area contributed by atoms with Crippen LogP contribution in [0.4, 0.5) is 5.69 Å². The Kier molecular flexibility index (Phi) is 6.31. The summed E-state index contributed by atoms with van der Waals surface area (Å²) in [5.41, 5.74) is 8.18. The molecule has 0 radical (unpaired) electrons. The number of ether oxygens (including phenoxy) is 1. The van der Waals surface area contributed by atoms with Crippen LogP contribution in [0.1, 0.15) is 47.2 Å². The number of thiocarbonyl (C=S) groups is 1. The first kappa shape index (κ1) is 23.1. The van der Waals surface area contributed by atoms with Crippen molar-refractivity contribution < 1.29 is 4.74 Å². The third kappa shape index (κ3) is 4.08. The fraction of sp³-hybridized carbons (Fsp3) is 0.241. The second kappa shape index (κ2) is 9.55. The summed E-state index contributed by atoms with van der Waals surface area (Å²) in [6.45, 7) is 6.59. The molecule has 1 fully saturated rings. The van der Waals surface area contributed by atoms with Crippen LogP contribution < -0.4 is 15.0 Å². The number of aryl methyl sites for hydroxylation is 2. The second-order valence-electron chi connectivity index (χ2n) is 8.84. The monoisotopic (exact) mass is 482 g/mol. The number of nitrogens with zero attached hydrogens (tertiary/aromatic N) is 3. The molecule has 0 amide bonds. The Bertz CT molecular complexity index is 1350. The van der Waals surface area contributed by atoms with Crippen LogP contribution in [0.25, 0.3) is 5.69 Å². The Morgan fingerprint density at radius 2 is 1.74 bits per heavy atom. The predicted molar refractivity (Wildman–Crippen MR) is 146 cm³/mol. The van der Waals surface area contributed by atoms with Crippen molar-refractivity contribution in [3.63, 3.8) is 0 Å². The number of hydrogen-bond donors (Lipinski definition) is 1. The number of methoxy groups -OCH3 is 1. The average molecular weight is 483 g/mol. The molecule has 0 unspecified atom stereocenters. The molecular formula is C29H30N4OS. The largest absolute Gasteiger partial charge is 0.497 e. The molecule has 2 aromatic carbocycles. The lowest BCUT2D eigenvalue weighted by Crippen LogP contribution is -2.29. The average Bonchev–Trinajstić information content (AvgIpc) is 3.39. The summed E-state index contributed by atoms with van der Waals surface area (Å²) in [6.07, 6.45) is 2.82. The number of hydrogen-bond acceptors (Lipinski definition) is 3. The summed E-state index contributed by atoms with van der Waals surface area (Å²) in [4.78, 5) is 6.91. The number of para-hydroxylation sites is 1. The predicted octanol–water partition coefficient (Wildman–Crippen LogP) is 6.24. The minimum absolute atomic E-state index is 0.0560. The van der Waals surface area contributed by atoms with E-state index in [1.807, 2.05) is 30.5 Å². The van der Waals surface area contributed by atoms with Gasteiger partial charge in [-0.1, -0.05) is 31.2 Å². The smallest absolute Gasteiger partial charge is 0.174 e. The highest BCUT2D eigenvalue weighted by molar-refractivity contribution is 7.80. The fourth-order valence-electron chi connectivity index (χ4n) is 5.18. The van der Waals surface area contributed by atoms with Crippen molar-refractivity contribution in [2.24, 2.45) is 0 Å². The van der Waals surface area contributed by atoms with Gasteiger partial charge in [0.15, 0.2) is 5.11 Å². The van der Waals surface area contributed by atoms with Crippen LogP contribution in [0.3, 0.4) is 0 Å². The van der Waals surface area contributed by atoms with Crippen LogP contribution >= 0.6 is 12.2 Å². The summed E-state index contributed by atoms with van der Waals surface area (Å²) >= 11 is 5.90. The van der Waals surface area contributed by atoms with Gasteiger partial charge < -0.3 is 19.5 Å². The first-order valence-electron chi connectivity index (χ1n) is 11.9. The van der Waals surface area contributed by atoms with E-state index in [-0.39, 0.29) is 12.1 Å². The zero-order valence-corrected chi connectivity index (χ0v) is 21.3. The molecule has 5 nitrogen and oxygen atoms in total. The van der Waals surface area contributed by atoms with Gasteiger partial charge in [-0.15, -0.1) is 0 Å². The van der Waals surface area contributed by atoms with Crippen LogP contribution in [0, 0.1) is 13.8 Å². The highest BCUT2D eigenvalue weighted by Crippen LogP contribution is 2.44. The molecule has 5 rings (SSSR count). The standard InChI is InChI=1S/C29H30N4OS/c1-5-21-10-6-7-12-26(21)32-19(2)18-24(20(32)3)28-27(25-11-8-9-17-30-25)31-29(35)33(28)22-13-15-23(34-4)16-14-22/h6-18,27-28H,5H2,1-4H3,(H,31,35)/t27-,28+/m0/s1. The number of pyridine rings is 1. The summed E-state index contributed by atoms with van der Waals surface area (Å²) in [7, 11) is 1.68. The van der Waals surface area contributed by atoms with Gasteiger partial charge in [-0.3, -0.25) is 4.98 Å². The van der Waals surface area contributed by atoms with Crippen molar-refractivity contribution in [2.75, 3.05) is 12.0 Å². The SMILES string of the molecule is CCc1ccccc1-n1c(C)cc([C@@H]2[C@H](c3ccccn3)NC(=S)N2c2ccc(OC)cc2)c1C. The molecule has 1 aliphatic heterocycles. The molecule has 0 saturated carbocycles. The number of nitrogens with one attached hydrogen (secondary N) is 1. The maximum atomic E-state index is 5.90. The molecule has 35 heavy (non-hydrogen) atoms. The number of anilines is 1. The van der Waals surface area contributed by atoms with Crippen molar-refractivity contribution in [1.82, 2.24) is 14.9 Å². The number of benzene rings is 2. The van der Waals surface area contributed by atoms with Gasteiger partial charge in [0.05, 0.1) is 24.9 Å². The van der Waals surface area contributed by atoms with Crippen molar-refractivity contribution >= 4 is 23.0 Å². The van der Waals surface area contributed by atoms with Gasteiger partial charge >= 0.3 is 0 Å². The van der Waals surface area contributed by atoms with Gasteiger partial charge in [-0.25, -0.2) is 0 Å². The Balaban J connectivity index is 1.68. The van der Waals surface area contributed by atoms with Gasteiger partial charge in [0.2, 0.25) is 0 Å². The highest BCUT2D eigenvalue weighted by Gasteiger charge is 2.42. The molecule has 178 valence electrons. The molecule has 1 saturated heterocycles.